The van der Waals surface area contributed by atoms with Crippen molar-refractivity contribution in [2.75, 3.05) is 6.61 Å². The average Bonchev–Trinajstić information content (AvgIpc) is 2.54. The van der Waals surface area contributed by atoms with Gasteiger partial charge < -0.3 is 9.47 Å². The van der Waals surface area contributed by atoms with Gasteiger partial charge in [0.25, 0.3) is 0 Å². The van der Waals surface area contributed by atoms with Crippen LogP contribution in [0, 0.1) is 5.41 Å². The van der Waals surface area contributed by atoms with Gasteiger partial charge in [0.05, 0.1) is 5.41 Å². The molecule has 22 heavy (non-hydrogen) atoms. The number of ketones is 1. The highest BCUT2D eigenvalue weighted by atomic mass is 35.5. The number of rotatable bonds is 7. The van der Waals surface area contributed by atoms with Crippen LogP contribution in [-0.4, -0.2) is 18.0 Å². The molecule has 0 heterocycles. The van der Waals surface area contributed by atoms with Crippen LogP contribution in [0.4, 0.5) is 0 Å². The summed E-state index contributed by atoms with van der Waals surface area (Å²) in [5.74, 6) is 1.07. The molecule has 0 spiro atoms. The van der Waals surface area contributed by atoms with E-state index in [1.165, 1.54) is 0 Å². The average molecular weight is 319 g/mol. The van der Waals surface area contributed by atoms with E-state index in [1.54, 1.807) is 26.0 Å². The second-order valence-electron chi connectivity index (χ2n) is 5.60. The summed E-state index contributed by atoms with van der Waals surface area (Å²) in [6.45, 7) is 3.82. The first-order chi connectivity index (χ1) is 10.5. The lowest BCUT2D eigenvalue weighted by molar-refractivity contribution is -0.132. The highest BCUT2D eigenvalue weighted by molar-refractivity contribution is 6.30. The number of halogens is 1. The Balaban J connectivity index is 1.94. The SMILES string of the molecule is CC(C)(COc1ccccc1)C(=O)C(Cl)Oc1ccccc1. The lowest BCUT2D eigenvalue weighted by atomic mass is 9.89. The number of alkyl halides is 1. The Morgan fingerprint density at radius 2 is 1.50 bits per heavy atom. The second kappa shape index (κ2) is 7.32. The maximum Gasteiger partial charge on any atom is 0.230 e. The van der Waals surface area contributed by atoms with Crippen molar-refractivity contribution in [2.24, 2.45) is 5.41 Å². The molecule has 0 fully saturated rings. The van der Waals surface area contributed by atoms with E-state index in [2.05, 4.69) is 0 Å². The van der Waals surface area contributed by atoms with Gasteiger partial charge in [-0.05, 0) is 38.1 Å². The Morgan fingerprint density at radius 1 is 1.00 bits per heavy atom. The Morgan fingerprint density at radius 3 is 2.05 bits per heavy atom. The van der Waals surface area contributed by atoms with E-state index < -0.39 is 11.0 Å². The second-order valence-corrected chi connectivity index (χ2v) is 5.99. The fourth-order valence-electron chi connectivity index (χ4n) is 1.83. The predicted molar refractivity (Wildman–Crippen MR) is 87.4 cm³/mol. The van der Waals surface area contributed by atoms with E-state index in [-0.39, 0.29) is 12.4 Å². The minimum atomic E-state index is -1.04. The van der Waals surface area contributed by atoms with E-state index in [1.807, 2.05) is 48.5 Å². The molecule has 3 nitrogen and oxygen atoms in total. The number of hydrogen-bond donors (Lipinski definition) is 0. The van der Waals surface area contributed by atoms with Crippen LogP contribution in [0.5, 0.6) is 11.5 Å². The molecule has 1 unspecified atom stereocenters. The van der Waals surface area contributed by atoms with Gasteiger partial charge in [0.2, 0.25) is 5.56 Å². The third-order valence-electron chi connectivity index (χ3n) is 3.20. The highest BCUT2D eigenvalue weighted by Gasteiger charge is 2.35. The first kappa shape index (κ1) is 16.4. The smallest absolute Gasteiger partial charge is 0.230 e. The number of Topliss-reactive ketones (excluding diaryl/α,β-unsaturated/α-hetero) is 1. The van der Waals surface area contributed by atoms with Crippen molar-refractivity contribution < 1.29 is 14.3 Å². The zero-order valence-corrected chi connectivity index (χ0v) is 13.4. The summed E-state index contributed by atoms with van der Waals surface area (Å²) in [7, 11) is 0. The molecule has 4 heteroatoms. The molecule has 0 aliphatic carbocycles. The van der Waals surface area contributed by atoms with Gasteiger partial charge >= 0.3 is 0 Å². The summed E-state index contributed by atoms with van der Waals surface area (Å²) in [5, 5.41) is 0. The Kier molecular flexibility index (Phi) is 5.45. The van der Waals surface area contributed by atoms with Gasteiger partial charge in [-0.3, -0.25) is 4.79 Å². The van der Waals surface area contributed by atoms with Crippen LogP contribution in [-0.2, 0) is 4.79 Å². The number of hydrogen-bond acceptors (Lipinski definition) is 3. The van der Waals surface area contributed by atoms with Gasteiger partial charge in [0.1, 0.15) is 18.1 Å². The van der Waals surface area contributed by atoms with Gasteiger partial charge in [-0.25, -0.2) is 0 Å². The molecular formula is C18H19ClO3. The fourth-order valence-corrected chi connectivity index (χ4v) is 2.23. The zero-order valence-electron chi connectivity index (χ0n) is 12.7. The van der Waals surface area contributed by atoms with Crippen molar-refractivity contribution >= 4 is 17.4 Å². The topological polar surface area (TPSA) is 35.5 Å². The summed E-state index contributed by atoms with van der Waals surface area (Å²) in [6.07, 6.45) is 0. The molecule has 0 aliphatic heterocycles. The molecule has 1 atom stereocenters. The third-order valence-corrected chi connectivity index (χ3v) is 3.49. The van der Waals surface area contributed by atoms with Crippen molar-refractivity contribution in [3.05, 3.63) is 60.7 Å². The minimum Gasteiger partial charge on any atom is -0.493 e. The Hall–Kier alpha value is -2.00. The molecule has 0 N–H and O–H groups in total. The van der Waals surface area contributed by atoms with E-state index in [9.17, 15) is 4.79 Å². The van der Waals surface area contributed by atoms with Crippen LogP contribution in [0.25, 0.3) is 0 Å². The van der Waals surface area contributed by atoms with E-state index >= 15 is 0 Å². The first-order valence-corrected chi connectivity index (χ1v) is 7.50. The van der Waals surface area contributed by atoms with Crippen molar-refractivity contribution in [3.8, 4) is 11.5 Å². The lowest BCUT2D eigenvalue weighted by Gasteiger charge is -2.25. The normalized spacial score (nSPS) is 12.5. The van der Waals surface area contributed by atoms with Gasteiger partial charge in [-0.1, -0.05) is 48.0 Å². The fraction of sp³-hybridized carbons (Fsp3) is 0.278. The molecule has 0 radical (unpaired) electrons. The van der Waals surface area contributed by atoms with Gasteiger partial charge in [-0.15, -0.1) is 0 Å². The standard InChI is InChI=1S/C18H19ClO3/c1-18(2,13-21-14-9-5-3-6-10-14)16(20)17(19)22-15-11-7-4-8-12-15/h3-12,17H,13H2,1-2H3. The van der Waals surface area contributed by atoms with Crippen molar-refractivity contribution in [3.63, 3.8) is 0 Å². The number of para-hydroxylation sites is 2. The predicted octanol–water partition coefficient (Wildman–Crippen LogP) is 4.30. The summed E-state index contributed by atoms with van der Waals surface area (Å²) < 4.78 is 11.1. The molecule has 0 amide bonds. The minimum absolute atomic E-state index is 0.214. The van der Waals surface area contributed by atoms with Crippen LogP contribution >= 0.6 is 11.6 Å². The monoisotopic (exact) mass is 318 g/mol. The first-order valence-electron chi connectivity index (χ1n) is 7.07. The van der Waals surface area contributed by atoms with Crippen LogP contribution in [0.1, 0.15) is 13.8 Å². The largest absolute Gasteiger partial charge is 0.493 e. The molecule has 0 saturated carbocycles. The van der Waals surface area contributed by atoms with Gasteiger partial charge in [0.15, 0.2) is 5.78 Å². The van der Waals surface area contributed by atoms with Crippen LogP contribution < -0.4 is 9.47 Å². The molecule has 116 valence electrons. The third kappa shape index (κ3) is 4.50. The Bertz CT molecular complexity index is 596. The van der Waals surface area contributed by atoms with Crippen molar-refractivity contribution in [2.45, 2.75) is 19.4 Å². The number of carbonyl (C=O) groups is 1. The van der Waals surface area contributed by atoms with Gasteiger partial charge in [0, 0.05) is 0 Å². The summed E-state index contributed by atoms with van der Waals surface area (Å²) >= 11 is 6.10. The molecule has 0 saturated heterocycles. The molecule has 0 bridgehead atoms. The lowest BCUT2D eigenvalue weighted by Crippen LogP contribution is -2.39. The molecular weight excluding hydrogens is 300 g/mol. The molecule has 2 rings (SSSR count). The molecule has 2 aromatic carbocycles. The van der Waals surface area contributed by atoms with E-state index in [0.717, 1.165) is 5.75 Å². The molecule has 2 aromatic rings. The summed E-state index contributed by atoms with van der Waals surface area (Å²) in [4.78, 5) is 12.5. The quantitative estimate of drug-likeness (QED) is 0.714. The van der Waals surface area contributed by atoms with Crippen LogP contribution in [0.2, 0.25) is 0 Å². The van der Waals surface area contributed by atoms with Crippen LogP contribution in [0.15, 0.2) is 60.7 Å². The van der Waals surface area contributed by atoms with Crippen LogP contribution in [0.3, 0.4) is 0 Å². The molecule has 0 aliphatic rings. The highest BCUT2D eigenvalue weighted by Crippen LogP contribution is 2.25. The van der Waals surface area contributed by atoms with Crippen molar-refractivity contribution in [1.29, 1.82) is 0 Å². The Labute approximate surface area is 135 Å². The summed E-state index contributed by atoms with van der Waals surface area (Å²) in [6, 6.07) is 18.4. The maximum absolute atomic E-state index is 12.5. The maximum atomic E-state index is 12.5. The van der Waals surface area contributed by atoms with E-state index in [4.69, 9.17) is 21.1 Å². The number of benzene rings is 2. The van der Waals surface area contributed by atoms with Gasteiger partial charge in [-0.2, -0.15) is 0 Å². The zero-order chi connectivity index (χ0) is 16.0. The number of carbonyl (C=O) groups excluding carboxylic acids is 1. The summed E-state index contributed by atoms with van der Waals surface area (Å²) in [5.41, 5.74) is -1.80. The van der Waals surface area contributed by atoms with E-state index in [0.29, 0.717) is 5.75 Å². The number of ether oxygens (including phenoxy) is 2. The van der Waals surface area contributed by atoms with Crippen molar-refractivity contribution in [1.82, 2.24) is 0 Å². The molecule has 0 aromatic heterocycles.